The molecular weight excluding hydrogens is 174 g/mol. The van der Waals surface area contributed by atoms with E-state index in [1.165, 1.54) is 11.1 Å². The number of aromatic nitrogens is 1. The van der Waals surface area contributed by atoms with E-state index in [0.29, 0.717) is 5.75 Å². The Kier molecular flexibility index (Phi) is 1.34. The van der Waals surface area contributed by atoms with Crippen LogP contribution in [-0.4, -0.2) is 10.1 Å². The van der Waals surface area contributed by atoms with Gasteiger partial charge in [-0.2, -0.15) is 0 Å². The molecule has 14 heavy (non-hydrogen) atoms. The Hall–Kier alpha value is -1.96. The smallest absolute Gasteiger partial charge is 0.116 e. The molecule has 0 saturated heterocycles. The summed E-state index contributed by atoms with van der Waals surface area (Å²) >= 11 is 0. The van der Waals surface area contributed by atoms with Gasteiger partial charge in [0.2, 0.25) is 0 Å². The van der Waals surface area contributed by atoms with Crippen LogP contribution in [0.15, 0.2) is 42.6 Å². The van der Waals surface area contributed by atoms with Crippen molar-refractivity contribution in [3.8, 4) is 16.9 Å². The highest BCUT2D eigenvalue weighted by atomic mass is 16.3. The Labute approximate surface area is 81.2 Å². The number of aromatic amines is 1. The van der Waals surface area contributed by atoms with Crippen molar-refractivity contribution in [1.29, 1.82) is 0 Å². The first-order valence-corrected chi connectivity index (χ1v) is 4.53. The summed E-state index contributed by atoms with van der Waals surface area (Å²) in [4.78, 5) is 3.20. The third kappa shape index (κ3) is 0.909. The van der Waals surface area contributed by atoms with Gasteiger partial charge >= 0.3 is 0 Å². The first-order valence-electron chi connectivity index (χ1n) is 4.53. The Balaban J connectivity index is 2.53. The van der Waals surface area contributed by atoms with Gasteiger partial charge in [-0.15, -0.1) is 0 Å². The number of hydrogen-bond acceptors (Lipinski definition) is 1. The number of H-pyrrole nitrogens is 1. The number of benzene rings is 1. The number of phenolic OH excluding ortho intramolecular Hbond substituents is 1. The summed E-state index contributed by atoms with van der Waals surface area (Å²) < 4.78 is 0. The van der Waals surface area contributed by atoms with E-state index >= 15 is 0 Å². The topological polar surface area (TPSA) is 36.0 Å². The van der Waals surface area contributed by atoms with E-state index in [1.54, 1.807) is 12.1 Å². The molecule has 0 spiro atoms. The summed E-state index contributed by atoms with van der Waals surface area (Å²) in [6.07, 6.45) is 1.98. The van der Waals surface area contributed by atoms with Crippen molar-refractivity contribution in [3.63, 3.8) is 0 Å². The summed E-state index contributed by atoms with van der Waals surface area (Å²) in [6.45, 7) is 0. The average Bonchev–Trinajstić information content (AvgIpc) is 2.65. The number of nitrogens with one attached hydrogen (secondary N) is 1. The quantitative estimate of drug-likeness (QED) is 0.552. The van der Waals surface area contributed by atoms with Crippen LogP contribution >= 0.6 is 0 Å². The van der Waals surface area contributed by atoms with E-state index in [0.717, 1.165) is 10.9 Å². The second-order valence-electron chi connectivity index (χ2n) is 3.41. The van der Waals surface area contributed by atoms with Crippen LogP contribution in [0.1, 0.15) is 0 Å². The number of phenols is 1. The van der Waals surface area contributed by atoms with Crippen LogP contribution in [0.3, 0.4) is 0 Å². The Bertz CT molecular complexity index is 568. The number of pyridine rings is 1. The van der Waals surface area contributed by atoms with Crippen molar-refractivity contribution in [2.45, 2.75) is 0 Å². The SMILES string of the molecule is Oc1ccc2[nH]cc3cccc-3c2c1. The minimum absolute atomic E-state index is 0.305. The molecule has 0 amide bonds. The zero-order chi connectivity index (χ0) is 9.54. The van der Waals surface area contributed by atoms with E-state index in [2.05, 4.69) is 17.1 Å². The maximum Gasteiger partial charge on any atom is 0.116 e. The second-order valence-corrected chi connectivity index (χ2v) is 3.41. The molecule has 0 atom stereocenters. The lowest BCUT2D eigenvalue weighted by atomic mass is 10.1. The Morgan fingerprint density at radius 1 is 1.07 bits per heavy atom. The molecule has 0 bridgehead atoms. The lowest BCUT2D eigenvalue weighted by Crippen LogP contribution is -1.82. The van der Waals surface area contributed by atoms with Crippen LogP contribution in [-0.2, 0) is 0 Å². The average molecular weight is 183 g/mol. The van der Waals surface area contributed by atoms with Gasteiger partial charge in [0.15, 0.2) is 0 Å². The highest BCUT2D eigenvalue weighted by Gasteiger charge is 2.06. The monoisotopic (exact) mass is 183 g/mol. The van der Waals surface area contributed by atoms with E-state index in [9.17, 15) is 5.11 Å². The largest absolute Gasteiger partial charge is 0.508 e. The van der Waals surface area contributed by atoms with Gasteiger partial charge in [-0.05, 0) is 29.3 Å². The maximum atomic E-state index is 9.41. The van der Waals surface area contributed by atoms with Crippen molar-refractivity contribution in [2.24, 2.45) is 0 Å². The molecule has 2 aliphatic rings. The van der Waals surface area contributed by atoms with Gasteiger partial charge in [-0.1, -0.05) is 18.2 Å². The predicted octanol–water partition coefficient (Wildman–Crippen LogP) is 2.98. The fraction of sp³-hybridized carbons (Fsp3) is 0. The van der Waals surface area contributed by atoms with E-state index in [4.69, 9.17) is 0 Å². The molecule has 3 rings (SSSR count). The fourth-order valence-corrected chi connectivity index (χ4v) is 1.84. The van der Waals surface area contributed by atoms with E-state index < -0.39 is 0 Å². The molecule has 0 unspecified atom stereocenters. The van der Waals surface area contributed by atoms with Crippen molar-refractivity contribution in [3.05, 3.63) is 42.6 Å². The molecular formula is C12H9NO. The first kappa shape index (κ1) is 7.44. The molecule has 1 aromatic rings. The van der Waals surface area contributed by atoms with Gasteiger partial charge in [-0.25, -0.2) is 0 Å². The Morgan fingerprint density at radius 2 is 2.00 bits per heavy atom. The summed E-state index contributed by atoms with van der Waals surface area (Å²) in [5.74, 6) is 0.305. The molecule has 0 aromatic heterocycles. The van der Waals surface area contributed by atoms with E-state index in [1.807, 2.05) is 18.3 Å². The zero-order valence-corrected chi connectivity index (χ0v) is 7.49. The van der Waals surface area contributed by atoms with Gasteiger partial charge in [0.1, 0.15) is 5.75 Å². The molecule has 1 aromatic carbocycles. The predicted molar refractivity (Wildman–Crippen MR) is 56.6 cm³/mol. The van der Waals surface area contributed by atoms with Gasteiger partial charge < -0.3 is 10.1 Å². The van der Waals surface area contributed by atoms with Crippen molar-refractivity contribution < 1.29 is 5.11 Å². The standard InChI is InChI=1S/C12H9NO/c14-9-4-5-12-11(6-9)10-3-1-2-8(10)7-13-12/h1-7,13-14H. The van der Waals surface area contributed by atoms with Crippen LogP contribution in [0.5, 0.6) is 5.75 Å². The van der Waals surface area contributed by atoms with Gasteiger partial charge in [0.05, 0.1) is 0 Å². The van der Waals surface area contributed by atoms with Crippen LogP contribution in [0, 0.1) is 0 Å². The third-order valence-electron chi connectivity index (χ3n) is 2.53. The van der Waals surface area contributed by atoms with Crippen molar-refractivity contribution in [1.82, 2.24) is 4.98 Å². The molecule has 1 aliphatic carbocycles. The number of rotatable bonds is 0. The molecule has 2 nitrogen and oxygen atoms in total. The highest BCUT2D eigenvalue weighted by Crippen LogP contribution is 2.31. The summed E-state index contributed by atoms with van der Waals surface area (Å²) in [5, 5.41) is 10.5. The normalized spacial score (nSPS) is 11.1. The number of fused-ring (bicyclic) bond motifs is 3. The minimum atomic E-state index is 0.305. The zero-order valence-electron chi connectivity index (χ0n) is 7.49. The molecule has 0 radical (unpaired) electrons. The van der Waals surface area contributed by atoms with Crippen LogP contribution in [0.2, 0.25) is 0 Å². The maximum absolute atomic E-state index is 9.41. The molecule has 1 aliphatic heterocycles. The Morgan fingerprint density at radius 3 is 2.93 bits per heavy atom. The van der Waals surface area contributed by atoms with Crippen LogP contribution < -0.4 is 0 Å². The van der Waals surface area contributed by atoms with E-state index in [-0.39, 0.29) is 0 Å². The first-order chi connectivity index (χ1) is 6.84. The lowest BCUT2D eigenvalue weighted by molar-refractivity contribution is 0.476. The molecule has 0 saturated carbocycles. The number of aromatic hydroxyl groups is 1. The summed E-state index contributed by atoms with van der Waals surface area (Å²) in [6, 6.07) is 11.5. The molecule has 0 fully saturated rings. The van der Waals surface area contributed by atoms with Gasteiger partial charge in [-0.3, -0.25) is 0 Å². The van der Waals surface area contributed by atoms with Crippen LogP contribution in [0.4, 0.5) is 0 Å². The molecule has 2 heteroatoms. The molecule has 2 N–H and O–H groups in total. The van der Waals surface area contributed by atoms with Crippen molar-refractivity contribution in [2.75, 3.05) is 0 Å². The van der Waals surface area contributed by atoms with Gasteiger partial charge in [0, 0.05) is 17.1 Å². The highest BCUT2D eigenvalue weighted by molar-refractivity contribution is 5.96. The minimum Gasteiger partial charge on any atom is -0.508 e. The second kappa shape index (κ2) is 2.51. The number of hydrogen-bond donors (Lipinski definition) is 2. The third-order valence-corrected chi connectivity index (χ3v) is 2.53. The summed E-state index contributed by atoms with van der Waals surface area (Å²) in [7, 11) is 0. The van der Waals surface area contributed by atoms with Crippen LogP contribution in [0.25, 0.3) is 22.0 Å². The fourth-order valence-electron chi connectivity index (χ4n) is 1.84. The summed E-state index contributed by atoms with van der Waals surface area (Å²) in [5.41, 5.74) is 3.39. The molecule has 68 valence electrons. The van der Waals surface area contributed by atoms with Gasteiger partial charge in [0.25, 0.3) is 0 Å². The lowest BCUT2D eigenvalue weighted by Gasteiger charge is -2.05. The van der Waals surface area contributed by atoms with Crippen molar-refractivity contribution >= 4 is 10.9 Å². The molecule has 1 heterocycles.